The number of hydrogen-bond acceptors (Lipinski definition) is 1. The van der Waals surface area contributed by atoms with Gasteiger partial charge in [-0.05, 0) is 158 Å². The zero-order valence-corrected chi connectivity index (χ0v) is 30.4. The number of anilines is 3. The Hall–Kier alpha value is -6.12. The minimum Gasteiger partial charge on any atom is -0.310 e. The highest BCUT2D eigenvalue weighted by molar-refractivity contribution is 6.13. The van der Waals surface area contributed by atoms with E-state index in [0.717, 1.165) is 55.3 Å². The van der Waals surface area contributed by atoms with Gasteiger partial charge in [-0.3, -0.25) is 0 Å². The van der Waals surface area contributed by atoms with E-state index in [1.54, 1.807) is 4.57 Å². The van der Waals surface area contributed by atoms with Crippen molar-refractivity contribution in [1.29, 1.82) is 0 Å². The average Bonchev–Trinajstić information content (AvgIpc) is 3.62. The van der Waals surface area contributed by atoms with E-state index in [1.807, 2.05) is 18.2 Å². The first-order valence-corrected chi connectivity index (χ1v) is 18.3. The molecule has 1 aliphatic rings. The third-order valence-corrected chi connectivity index (χ3v) is 11.0. The molecule has 8 aromatic carbocycles. The van der Waals surface area contributed by atoms with Crippen LogP contribution in [0.15, 0.2) is 151 Å². The minimum absolute atomic E-state index is 0.0700. The van der Waals surface area contributed by atoms with E-state index < -0.39 is 24.2 Å². The van der Waals surface area contributed by atoms with E-state index in [9.17, 15) is 0 Å². The summed E-state index contributed by atoms with van der Waals surface area (Å²) in [4.78, 5) is 2.39. The minimum atomic E-state index is -0.454. The van der Waals surface area contributed by atoms with Gasteiger partial charge in [0.25, 0.3) is 0 Å². The lowest BCUT2D eigenvalue weighted by atomic mass is 9.78. The monoisotopic (exact) mass is 690 g/mol. The molecule has 1 aromatic heterocycles. The molecule has 0 amide bonds. The first-order chi connectivity index (χ1) is 29.1. The molecule has 2 nitrogen and oxygen atoms in total. The summed E-state index contributed by atoms with van der Waals surface area (Å²) in [5, 5.41) is 4.27. The van der Waals surface area contributed by atoms with Crippen LogP contribution in [0.3, 0.4) is 0 Å². The number of para-hydroxylation sites is 2. The van der Waals surface area contributed by atoms with E-state index in [1.165, 1.54) is 22.3 Å². The van der Waals surface area contributed by atoms with Crippen LogP contribution in [0.4, 0.5) is 17.1 Å². The van der Waals surface area contributed by atoms with Crippen molar-refractivity contribution in [1.82, 2.24) is 4.57 Å². The van der Waals surface area contributed by atoms with Gasteiger partial charge in [0.2, 0.25) is 0 Å². The fourth-order valence-corrected chi connectivity index (χ4v) is 8.03. The lowest BCUT2D eigenvalue weighted by Crippen LogP contribution is -2.12. The van der Waals surface area contributed by atoms with Gasteiger partial charge < -0.3 is 9.47 Å². The Morgan fingerprint density at radius 1 is 0.509 bits per heavy atom. The van der Waals surface area contributed by atoms with Crippen LogP contribution in [0.5, 0.6) is 0 Å². The first kappa shape index (κ1) is 24.2. The van der Waals surface area contributed by atoms with E-state index in [0.29, 0.717) is 17.5 Å². The molecule has 0 spiro atoms. The topological polar surface area (TPSA) is 8.17 Å². The van der Waals surface area contributed by atoms with E-state index in [-0.39, 0.29) is 46.0 Å². The van der Waals surface area contributed by atoms with Crippen LogP contribution in [-0.4, -0.2) is 4.57 Å². The van der Waals surface area contributed by atoms with Gasteiger partial charge in [-0.15, -0.1) is 0 Å². The highest BCUT2D eigenvalue weighted by atomic mass is 15.1. The average molecular weight is 691 g/mol. The summed E-state index contributed by atoms with van der Waals surface area (Å²) in [5.74, 6) is 0.780. The van der Waals surface area contributed by atoms with Gasteiger partial charge in [-0.1, -0.05) is 100 Å². The number of nitrogens with zero attached hydrogens (tertiary/aromatic N) is 2. The Bertz CT molecular complexity index is 3300. The quantitative estimate of drug-likeness (QED) is 0.169. The number of rotatable bonds is 6. The van der Waals surface area contributed by atoms with Crippen molar-refractivity contribution in [3.63, 3.8) is 0 Å². The molecule has 0 aliphatic heterocycles. The molecular weight excluding hydrogens is 641 g/mol. The van der Waals surface area contributed by atoms with Crippen LogP contribution < -0.4 is 4.90 Å². The van der Waals surface area contributed by atoms with Gasteiger partial charge in [-0.25, -0.2) is 0 Å². The molecule has 0 atom stereocenters. The standard InChI is InChI=1S/C51H42N2/c1-31(2)34-11-10-12-40(23-34)52(51-30-35(32(3)4)18-17-33(51)5)41-21-19-36-26-45-47(28-38(36)24-41)46-27-37-20-22-42(25-39(37)29-48(45)46)53-49-15-8-6-13-43(49)44-14-7-9-16-50(44)53/h6-32H,1-5H3/i6D,7D,8D,9D,13D,14D,15D,16D. The van der Waals surface area contributed by atoms with Crippen molar-refractivity contribution in [2.45, 2.75) is 46.5 Å². The second kappa shape index (κ2) is 12.0. The van der Waals surface area contributed by atoms with Gasteiger partial charge in [0.15, 0.2) is 0 Å². The van der Waals surface area contributed by atoms with Gasteiger partial charge in [0.05, 0.1) is 22.0 Å². The van der Waals surface area contributed by atoms with E-state index in [2.05, 4.69) is 124 Å². The Morgan fingerprint density at radius 3 is 1.70 bits per heavy atom. The highest BCUT2D eigenvalue weighted by Crippen LogP contribution is 2.51. The number of fused-ring (bicyclic) bond motifs is 9. The second-order valence-electron chi connectivity index (χ2n) is 14.9. The summed E-state index contributed by atoms with van der Waals surface area (Å²) < 4.78 is 70.8. The number of benzene rings is 8. The summed E-state index contributed by atoms with van der Waals surface area (Å²) in [7, 11) is 0. The normalized spacial score (nSPS) is 14.3. The van der Waals surface area contributed by atoms with Crippen LogP contribution in [0.1, 0.15) is 67.2 Å². The summed E-state index contributed by atoms with van der Waals surface area (Å²) in [6, 6.07) is 33.9. The smallest absolute Gasteiger partial charge is 0.0645 e. The summed E-state index contributed by atoms with van der Waals surface area (Å²) in [5.41, 5.74) is 12.5. The molecule has 1 heterocycles. The van der Waals surface area contributed by atoms with E-state index in [4.69, 9.17) is 11.0 Å². The summed E-state index contributed by atoms with van der Waals surface area (Å²) in [6.07, 6.45) is 0. The van der Waals surface area contributed by atoms with Crippen molar-refractivity contribution in [2.24, 2.45) is 0 Å². The Labute approximate surface area is 322 Å². The molecule has 1 aliphatic carbocycles. The molecule has 10 rings (SSSR count). The Kier molecular flexibility index (Phi) is 5.46. The maximum Gasteiger partial charge on any atom is 0.0645 e. The zero-order chi connectivity index (χ0) is 42.9. The van der Waals surface area contributed by atoms with Gasteiger partial charge in [0, 0.05) is 33.5 Å². The molecule has 0 saturated carbocycles. The van der Waals surface area contributed by atoms with Crippen LogP contribution >= 0.6 is 0 Å². The van der Waals surface area contributed by atoms with Gasteiger partial charge in [-0.2, -0.15) is 0 Å². The van der Waals surface area contributed by atoms with Crippen molar-refractivity contribution in [3.8, 4) is 27.9 Å². The number of aryl methyl sites for hydroxylation is 1. The third-order valence-electron chi connectivity index (χ3n) is 11.0. The molecular formula is C51H42N2. The molecule has 0 saturated heterocycles. The summed E-state index contributed by atoms with van der Waals surface area (Å²) >= 11 is 0. The molecule has 2 heteroatoms. The largest absolute Gasteiger partial charge is 0.310 e. The molecule has 256 valence electrons. The van der Waals surface area contributed by atoms with Crippen molar-refractivity contribution < 1.29 is 11.0 Å². The van der Waals surface area contributed by atoms with Crippen molar-refractivity contribution in [3.05, 3.63) is 168 Å². The van der Waals surface area contributed by atoms with E-state index >= 15 is 0 Å². The second-order valence-corrected chi connectivity index (χ2v) is 14.9. The lowest BCUT2D eigenvalue weighted by molar-refractivity contribution is 0.864. The maximum absolute atomic E-state index is 8.93. The van der Waals surface area contributed by atoms with Gasteiger partial charge in [0.1, 0.15) is 0 Å². The SMILES string of the molecule is [2H]c1c([2H])c([2H])c2c(c1[2H])c1c([2H])c([2H])c([2H])c([2H])c1n2-c1ccc2cc3c(cc2c1)-c1cc2ccc(N(c4cccc(C(C)C)c4)c4cc(C(C)C)ccc4C)cc2cc1-3. The predicted octanol–water partition coefficient (Wildman–Crippen LogP) is 14.8. The van der Waals surface area contributed by atoms with Crippen LogP contribution in [0.25, 0.3) is 71.3 Å². The van der Waals surface area contributed by atoms with Crippen molar-refractivity contribution >= 4 is 60.4 Å². The molecule has 0 radical (unpaired) electrons. The summed E-state index contributed by atoms with van der Waals surface area (Å²) in [6.45, 7) is 11.1. The first-order valence-electron chi connectivity index (χ1n) is 22.3. The third kappa shape index (κ3) is 5.00. The fraction of sp³-hybridized carbons (Fsp3) is 0.137. The molecule has 0 fully saturated rings. The molecule has 9 aromatic rings. The van der Waals surface area contributed by atoms with Crippen LogP contribution in [-0.2, 0) is 0 Å². The zero-order valence-electron chi connectivity index (χ0n) is 38.4. The van der Waals surface area contributed by atoms with Crippen molar-refractivity contribution in [2.75, 3.05) is 4.90 Å². The number of hydrogen-bond donors (Lipinski definition) is 0. The molecule has 0 unspecified atom stereocenters. The molecule has 0 bridgehead atoms. The lowest BCUT2D eigenvalue weighted by Gasteiger charge is -2.30. The Morgan fingerprint density at radius 2 is 1.06 bits per heavy atom. The fourth-order valence-electron chi connectivity index (χ4n) is 8.03. The molecule has 0 N–H and O–H groups in total. The Balaban J connectivity index is 1.11. The maximum atomic E-state index is 8.93. The van der Waals surface area contributed by atoms with Crippen LogP contribution in [0.2, 0.25) is 0 Å². The number of aromatic nitrogens is 1. The predicted molar refractivity (Wildman–Crippen MR) is 228 cm³/mol. The molecule has 53 heavy (non-hydrogen) atoms. The van der Waals surface area contributed by atoms with Gasteiger partial charge >= 0.3 is 0 Å². The van der Waals surface area contributed by atoms with Crippen LogP contribution in [0, 0.1) is 6.92 Å². The highest BCUT2D eigenvalue weighted by Gasteiger charge is 2.25.